The first-order valence-corrected chi connectivity index (χ1v) is 7.76. The highest BCUT2D eigenvalue weighted by Crippen LogP contribution is 2.24. The number of rotatable bonds is 3. The maximum atomic E-state index is 6.03. The molecule has 1 aliphatic rings. The molecule has 1 aliphatic carbocycles. The second-order valence-corrected chi connectivity index (χ2v) is 5.98. The van der Waals surface area contributed by atoms with Gasteiger partial charge in [-0.2, -0.15) is 0 Å². The van der Waals surface area contributed by atoms with Crippen LogP contribution in [-0.4, -0.2) is 16.6 Å². The number of aryl methyl sites for hydroxylation is 2. The summed E-state index contributed by atoms with van der Waals surface area (Å²) >= 11 is 0. The third-order valence-electron chi connectivity index (χ3n) is 4.61. The van der Waals surface area contributed by atoms with E-state index in [4.69, 9.17) is 5.73 Å². The Morgan fingerprint density at radius 1 is 1.33 bits per heavy atom. The van der Waals surface area contributed by atoms with Gasteiger partial charge in [0.25, 0.3) is 0 Å². The van der Waals surface area contributed by atoms with E-state index in [0.29, 0.717) is 18.5 Å². The molecule has 0 spiro atoms. The molecule has 1 aromatic heterocycles. The molecular weight excluding hydrogens is 260 g/mol. The van der Waals surface area contributed by atoms with E-state index in [9.17, 15) is 0 Å². The number of nitrogens with zero attached hydrogens (tertiary/aromatic N) is 2. The van der Waals surface area contributed by atoms with Gasteiger partial charge >= 0.3 is 0 Å². The van der Waals surface area contributed by atoms with E-state index in [-0.39, 0.29) is 0 Å². The van der Waals surface area contributed by atoms with Gasteiger partial charge in [-0.25, -0.2) is 4.99 Å². The Kier molecular flexibility index (Phi) is 3.86. The van der Waals surface area contributed by atoms with Gasteiger partial charge in [0, 0.05) is 29.7 Å². The van der Waals surface area contributed by atoms with Crippen molar-refractivity contribution in [1.29, 1.82) is 0 Å². The van der Waals surface area contributed by atoms with Gasteiger partial charge in [0.2, 0.25) is 0 Å². The first-order valence-electron chi connectivity index (χ1n) is 7.76. The number of para-hydroxylation sites is 1. The molecule has 4 nitrogen and oxygen atoms in total. The highest BCUT2D eigenvalue weighted by Gasteiger charge is 2.15. The molecule has 0 amide bonds. The number of hydrogen-bond donors (Lipinski definition) is 2. The first kappa shape index (κ1) is 14.0. The fourth-order valence-corrected chi connectivity index (χ4v) is 3.35. The zero-order valence-corrected chi connectivity index (χ0v) is 12.9. The lowest BCUT2D eigenvalue weighted by Gasteiger charge is -2.12. The monoisotopic (exact) mass is 284 g/mol. The Hall–Kier alpha value is -1.97. The van der Waals surface area contributed by atoms with E-state index in [1.54, 1.807) is 0 Å². The maximum Gasteiger partial charge on any atom is 0.189 e. The van der Waals surface area contributed by atoms with E-state index < -0.39 is 0 Å². The van der Waals surface area contributed by atoms with Crippen LogP contribution in [0, 0.1) is 6.92 Å². The molecule has 3 rings (SSSR count). The lowest BCUT2D eigenvalue weighted by molar-refractivity contribution is 0.624. The summed E-state index contributed by atoms with van der Waals surface area (Å²) in [5.74, 6) is 0.576. The van der Waals surface area contributed by atoms with Crippen LogP contribution in [0.1, 0.15) is 36.9 Å². The average Bonchev–Trinajstić information content (AvgIpc) is 3.07. The SMILES string of the molecule is Cc1c(CN=C(N)NC2CCCC2)n(C)c2ccccc12. The fraction of sp³-hybridized carbons (Fsp3) is 0.471. The minimum Gasteiger partial charge on any atom is -0.370 e. The number of benzene rings is 1. The van der Waals surface area contributed by atoms with Crippen molar-refractivity contribution in [3.8, 4) is 0 Å². The molecule has 21 heavy (non-hydrogen) atoms. The summed E-state index contributed by atoms with van der Waals surface area (Å²) in [4.78, 5) is 4.54. The number of hydrogen-bond acceptors (Lipinski definition) is 1. The van der Waals surface area contributed by atoms with Gasteiger partial charge in [0.05, 0.1) is 6.54 Å². The summed E-state index contributed by atoms with van der Waals surface area (Å²) in [6.07, 6.45) is 5.02. The number of aliphatic imine (C=N–C) groups is 1. The molecule has 0 unspecified atom stereocenters. The van der Waals surface area contributed by atoms with E-state index in [1.807, 2.05) is 0 Å². The van der Waals surface area contributed by atoms with Crippen molar-refractivity contribution in [2.45, 2.75) is 45.2 Å². The van der Waals surface area contributed by atoms with Crippen LogP contribution < -0.4 is 11.1 Å². The van der Waals surface area contributed by atoms with Crippen molar-refractivity contribution < 1.29 is 0 Å². The Balaban J connectivity index is 1.78. The van der Waals surface area contributed by atoms with Gasteiger partial charge in [-0.05, 0) is 31.4 Å². The van der Waals surface area contributed by atoms with Crippen molar-refractivity contribution in [2.75, 3.05) is 0 Å². The van der Waals surface area contributed by atoms with Crippen molar-refractivity contribution in [2.24, 2.45) is 17.8 Å². The van der Waals surface area contributed by atoms with Crippen molar-refractivity contribution >= 4 is 16.9 Å². The largest absolute Gasteiger partial charge is 0.370 e. The number of nitrogens with two attached hydrogens (primary N) is 1. The van der Waals surface area contributed by atoms with Crippen molar-refractivity contribution in [3.63, 3.8) is 0 Å². The van der Waals surface area contributed by atoms with Crippen LogP contribution in [0.5, 0.6) is 0 Å². The fourth-order valence-electron chi connectivity index (χ4n) is 3.35. The normalized spacial score (nSPS) is 16.8. The smallest absolute Gasteiger partial charge is 0.189 e. The Morgan fingerprint density at radius 3 is 2.76 bits per heavy atom. The molecule has 1 heterocycles. The number of guanidine groups is 1. The topological polar surface area (TPSA) is 55.3 Å². The molecule has 4 heteroatoms. The molecule has 0 bridgehead atoms. The van der Waals surface area contributed by atoms with Gasteiger partial charge in [-0.1, -0.05) is 31.0 Å². The quantitative estimate of drug-likeness (QED) is 0.672. The van der Waals surface area contributed by atoms with Crippen LogP contribution in [0.3, 0.4) is 0 Å². The molecule has 0 aliphatic heterocycles. The van der Waals surface area contributed by atoms with Crippen LogP contribution in [0.25, 0.3) is 10.9 Å². The second kappa shape index (κ2) is 5.80. The molecule has 112 valence electrons. The molecule has 1 fully saturated rings. The van der Waals surface area contributed by atoms with Gasteiger partial charge in [0.1, 0.15) is 0 Å². The van der Waals surface area contributed by atoms with E-state index in [2.05, 4.69) is 53.1 Å². The third kappa shape index (κ3) is 2.75. The van der Waals surface area contributed by atoms with Crippen LogP contribution in [0.4, 0.5) is 0 Å². The second-order valence-electron chi connectivity index (χ2n) is 5.98. The highest BCUT2D eigenvalue weighted by atomic mass is 15.1. The highest BCUT2D eigenvalue weighted by molar-refractivity contribution is 5.85. The predicted octanol–water partition coefficient (Wildman–Crippen LogP) is 2.83. The molecule has 2 aromatic rings. The third-order valence-corrected chi connectivity index (χ3v) is 4.61. The Bertz CT molecular complexity index is 624. The van der Waals surface area contributed by atoms with Crippen LogP contribution >= 0.6 is 0 Å². The molecule has 0 atom stereocenters. The van der Waals surface area contributed by atoms with Gasteiger partial charge in [0.15, 0.2) is 5.96 Å². The summed E-state index contributed by atoms with van der Waals surface area (Å²) in [6.45, 7) is 2.79. The number of fused-ring (bicyclic) bond motifs is 1. The molecule has 1 aromatic carbocycles. The number of nitrogens with one attached hydrogen (secondary N) is 1. The molecule has 0 saturated heterocycles. The van der Waals surface area contributed by atoms with Crippen molar-refractivity contribution in [3.05, 3.63) is 35.5 Å². The standard InChI is InChI=1S/C17H24N4/c1-12-14-9-5-6-10-15(14)21(2)16(12)11-19-17(18)20-13-7-3-4-8-13/h5-6,9-10,13H,3-4,7-8,11H2,1-2H3,(H3,18,19,20). The zero-order chi connectivity index (χ0) is 14.8. The molecule has 0 radical (unpaired) electrons. The van der Waals surface area contributed by atoms with Crippen LogP contribution in [-0.2, 0) is 13.6 Å². The minimum atomic E-state index is 0.516. The Labute approximate surface area is 126 Å². The maximum absolute atomic E-state index is 6.03. The summed E-state index contributed by atoms with van der Waals surface area (Å²) in [5, 5.41) is 4.64. The number of aromatic nitrogens is 1. The van der Waals surface area contributed by atoms with Crippen LogP contribution in [0.2, 0.25) is 0 Å². The first-order chi connectivity index (χ1) is 10.2. The van der Waals surface area contributed by atoms with E-state index in [1.165, 1.54) is 47.8 Å². The zero-order valence-electron chi connectivity index (χ0n) is 12.9. The van der Waals surface area contributed by atoms with Gasteiger partial charge < -0.3 is 15.6 Å². The van der Waals surface area contributed by atoms with Gasteiger partial charge in [-0.15, -0.1) is 0 Å². The average molecular weight is 284 g/mol. The molecular formula is C17H24N4. The minimum absolute atomic E-state index is 0.516. The summed E-state index contributed by atoms with van der Waals surface area (Å²) in [6, 6.07) is 8.99. The summed E-state index contributed by atoms with van der Waals surface area (Å²) in [7, 11) is 2.10. The lowest BCUT2D eigenvalue weighted by Crippen LogP contribution is -2.38. The van der Waals surface area contributed by atoms with Crippen molar-refractivity contribution in [1.82, 2.24) is 9.88 Å². The van der Waals surface area contributed by atoms with Crippen LogP contribution in [0.15, 0.2) is 29.3 Å². The summed E-state index contributed by atoms with van der Waals surface area (Å²) < 4.78 is 2.22. The summed E-state index contributed by atoms with van der Waals surface area (Å²) in [5.41, 5.74) is 9.80. The lowest BCUT2D eigenvalue weighted by atomic mass is 10.1. The van der Waals surface area contributed by atoms with E-state index in [0.717, 1.165) is 0 Å². The van der Waals surface area contributed by atoms with E-state index >= 15 is 0 Å². The Morgan fingerprint density at radius 2 is 2.05 bits per heavy atom. The predicted molar refractivity (Wildman–Crippen MR) is 88.4 cm³/mol. The molecule has 3 N–H and O–H groups in total. The molecule has 1 saturated carbocycles. The van der Waals surface area contributed by atoms with Gasteiger partial charge in [-0.3, -0.25) is 0 Å².